The third-order valence-electron chi connectivity index (χ3n) is 3.80. The van der Waals surface area contributed by atoms with E-state index in [0.717, 1.165) is 25.7 Å². The van der Waals surface area contributed by atoms with E-state index in [1.165, 1.54) is 57.8 Å². The van der Waals surface area contributed by atoms with Crippen molar-refractivity contribution in [3.8, 4) is 0 Å². The fourth-order valence-corrected chi connectivity index (χ4v) is 2.48. The lowest BCUT2D eigenvalue weighted by molar-refractivity contribution is 0.251. The van der Waals surface area contributed by atoms with Gasteiger partial charge in [-0.15, -0.1) is 0 Å². The molecule has 0 aliphatic carbocycles. The van der Waals surface area contributed by atoms with Gasteiger partial charge in [-0.05, 0) is 25.7 Å². The molecule has 0 saturated heterocycles. The molecular weight excluding hydrogens is 239 g/mol. The number of rotatable bonds is 15. The number of hydrogen-bond acceptors (Lipinski definition) is 1. The number of alkyl halides is 1. The summed E-state index contributed by atoms with van der Waals surface area (Å²) in [6.07, 6.45) is 15.4. The normalized spacial score (nSPS) is 12.8. The highest BCUT2D eigenvalue weighted by molar-refractivity contribution is 4.57. The van der Waals surface area contributed by atoms with Gasteiger partial charge in [-0.2, -0.15) is 0 Å². The van der Waals surface area contributed by atoms with Crippen LogP contribution in [-0.2, 0) is 0 Å². The number of unbranched alkanes of at least 4 members (excludes halogenated alkanes) is 10. The molecule has 0 bridgehead atoms. The molecule has 0 saturated carbocycles. The van der Waals surface area contributed by atoms with Crippen LogP contribution in [0.3, 0.4) is 0 Å². The SMILES string of the molecule is CCCCCCCCCCCC[C@@H](F)CCCCO. The van der Waals surface area contributed by atoms with Crippen LogP contribution in [0.4, 0.5) is 4.39 Å². The van der Waals surface area contributed by atoms with Crippen LogP contribution in [0.1, 0.15) is 96.8 Å². The van der Waals surface area contributed by atoms with Gasteiger partial charge in [0.25, 0.3) is 0 Å². The molecule has 0 fully saturated rings. The van der Waals surface area contributed by atoms with E-state index in [1.54, 1.807) is 0 Å². The third-order valence-corrected chi connectivity index (χ3v) is 3.80. The average molecular weight is 274 g/mol. The van der Waals surface area contributed by atoms with Crippen molar-refractivity contribution in [1.29, 1.82) is 0 Å². The van der Waals surface area contributed by atoms with E-state index >= 15 is 0 Å². The van der Waals surface area contributed by atoms with Crippen LogP contribution in [0.25, 0.3) is 0 Å². The highest BCUT2D eigenvalue weighted by Crippen LogP contribution is 2.15. The van der Waals surface area contributed by atoms with Gasteiger partial charge in [0.05, 0.1) is 0 Å². The van der Waals surface area contributed by atoms with E-state index in [1.807, 2.05) is 0 Å². The molecule has 1 atom stereocenters. The van der Waals surface area contributed by atoms with Gasteiger partial charge in [-0.3, -0.25) is 0 Å². The van der Waals surface area contributed by atoms with Crippen molar-refractivity contribution in [3.05, 3.63) is 0 Å². The number of halogens is 1. The number of hydrogen-bond donors (Lipinski definition) is 1. The minimum Gasteiger partial charge on any atom is -0.396 e. The lowest BCUT2D eigenvalue weighted by Gasteiger charge is -2.07. The van der Waals surface area contributed by atoms with Crippen molar-refractivity contribution in [2.24, 2.45) is 0 Å². The molecule has 0 aromatic rings. The standard InChI is InChI=1S/C17H35FO/c1-2-3-4-5-6-7-8-9-10-11-14-17(18)15-12-13-16-19/h17,19H,2-16H2,1H3/t17-/m1/s1. The van der Waals surface area contributed by atoms with Crippen LogP contribution in [0, 0.1) is 0 Å². The van der Waals surface area contributed by atoms with Crippen molar-refractivity contribution < 1.29 is 9.50 Å². The highest BCUT2D eigenvalue weighted by Gasteiger charge is 2.05. The van der Waals surface area contributed by atoms with Crippen LogP contribution < -0.4 is 0 Å². The fraction of sp³-hybridized carbons (Fsp3) is 1.00. The Morgan fingerprint density at radius 1 is 0.684 bits per heavy atom. The van der Waals surface area contributed by atoms with E-state index in [-0.39, 0.29) is 6.61 Å². The molecule has 116 valence electrons. The summed E-state index contributed by atoms with van der Waals surface area (Å²) in [6, 6.07) is 0. The molecule has 0 amide bonds. The van der Waals surface area contributed by atoms with Crippen LogP contribution >= 0.6 is 0 Å². The predicted octanol–water partition coefficient (Wildman–Crippen LogP) is 5.80. The van der Waals surface area contributed by atoms with Crippen LogP contribution in [0.15, 0.2) is 0 Å². The molecule has 19 heavy (non-hydrogen) atoms. The molecule has 0 aromatic carbocycles. The molecule has 0 aromatic heterocycles. The first kappa shape index (κ1) is 18.9. The summed E-state index contributed by atoms with van der Waals surface area (Å²) in [5.41, 5.74) is 0. The van der Waals surface area contributed by atoms with Crippen molar-refractivity contribution in [2.75, 3.05) is 6.61 Å². The zero-order valence-electron chi connectivity index (χ0n) is 13.0. The van der Waals surface area contributed by atoms with Gasteiger partial charge in [0, 0.05) is 6.61 Å². The first-order valence-electron chi connectivity index (χ1n) is 8.56. The summed E-state index contributed by atoms with van der Waals surface area (Å²) in [6.45, 7) is 2.45. The molecule has 0 rings (SSSR count). The lowest BCUT2D eigenvalue weighted by atomic mass is 10.0. The smallest absolute Gasteiger partial charge is 0.100 e. The minimum absolute atomic E-state index is 0.199. The van der Waals surface area contributed by atoms with Crippen molar-refractivity contribution in [1.82, 2.24) is 0 Å². The van der Waals surface area contributed by atoms with Crippen LogP contribution in [-0.4, -0.2) is 17.9 Å². The van der Waals surface area contributed by atoms with E-state index in [4.69, 9.17) is 5.11 Å². The fourth-order valence-electron chi connectivity index (χ4n) is 2.48. The molecule has 1 N–H and O–H groups in total. The molecule has 1 nitrogen and oxygen atoms in total. The summed E-state index contributed by atoms with van der Waals surface area (Å²) in [4.78, 5) is 0. The van der Waals surface area contributed by atoms with E-state index in [2.05, 4.69) is 6.92 Å². The Labute approximate surface area is 120 Å². The molecule has 0 aliphatic heterocycles. The molecule has 0 heterocycles. The monoisotopic (exact) mass is 274 g/mol. The van der Waals surface area contributed by atoms with Crippen LogP contribution in [0.2, 0.25) is 0 Å². The van der Waals surface area contributed by atoms with E-state index in [0.29, 0.717) is 6.42 Å². The Balaban J connectivity index is 3.05. The maximum absolute atomic E-state index is 13.4. The van der Waals surface area contributed by atoms with E-state index in [9.17, 15) is 4.39 Å². The number of aliphatic hydroxyl groups is 1. The molecule has 0 radical (unpaired) electrons. The van der Waals surface area contributed by atoms with Crippen molar-refractivity contribution >= 4 is 0 Å². The van der Waals surface area contributed by atoms with Gasteiger partial charge in [0.2, 0.25) is 0 Å². The van der Waals surface area contributed by atoms with Gasteiger partial charge in [-0.1, -0.05) is 71.1 Å². The Morgan fingerprint density at radius 3 is 1.58 bits per heavy atom. The second kappa shape index (κ2) is 15.9. The van der Waals surface area contributed by atoms with Gasteiger partial charge < -0.3 is 5.11 Å². The van der Waals surface area contributed by atoms with Gasteiger partial charge in [0.1, 0.15) is 6.17 Å². The quantitative estimate of drug-likeness (QED) is 0.374. The topological polar surface area (TPSA) is 20.2 Å². The Morgan fingerprint density at radius 2 is 1.11 bits per heavy atom. The predicted molar refractivity (Wildman–Crippen MR) is 82.3 cm³/mol. The average Bonchev–Trinajstić information content (AvgIpc) is 2.41. The van der Waals surface area contributed by atoms with Crippen LogP contribution in [0.5, 0.6) is 0 Å². The number of aliphatic hydroxyl groups excluding tert-OH is 1. The highest BCUT2D eigenvalue weighted by atomic mass is 19.1. The lowest BCUT2D eigenvalue weighted by Crippen LogP contribution is -2.00. The second-order valence-corrected chi connectivity index (χ2v) is 5.79. The second-order valence-electron chi connectivity index (χ2n) is 5.79. The Bertz CT molecular complexity index is 161. The third kappa shape index (κ3) is 15.8. The zero-order chi connectivity index (χ0) is 14.2. The summed E-state index contributed by atoms with van der Waals surface area (Å²) in [7, 11) is 0. The Kier molecular flexibility index (Phi) is 15.9. The van der Waals surface area contributed by atoms with Crippen molar-refractivity contribution in [2.45, 2.75) is 103 Å². The zero-order valence-corrected chi connectivity index (χ0v) is 13.0. The van der Waals surface area contributed by atoms with Gasteiger partial charge >= 0.3 is 0 Å². The van der Waals surface area contributed by atoms with Gasteiger partial charge in [-0.25, -0.2) is 4.39 Å². The minimum atomic E-state index is -0.638. The first-order valence-corrected chi connectivity index (χ1v) is 8.56. The summed E-state index contributed by atoms with van der Waals surface area (Å²) < 4.78 is 13.4. The summed E-state index contributed by atoms with van der Waals surface area (Å²) in [5.74, 6) is 0. The molecule has 0 aliphatic rings. The largest absolute Gasteiger partial charge is 0.396 e. The maximum Gasteiger partial charge on any atom is 0.100 e. The maximum atomic E-state index is 13.4. The molecule has 0 spiro atoms. The van der Waals surface area contributed by atoms with Gasteiger partial charge in [0.15, 0.2) is 0 Å². The molecule has 0 unspecified atom stereocenters. The van der Waals surface area contributed by atoms with E-state index < -0.39 is 6.17 Å². The van der Waals surface area contributed by atoms with Crippen molar-refractivity contribution in [3.63, 3.8) is 0 Å². The first-order chi connectivity index (χ1) is 9.31. The molecule has 2 heteroatoms. The summed E-state index contributed by atoms with van der Waals surface area (Å²) in [5, 5.41) is 8.62. The summed E-state index contributed by atoms with van der Waals surface area (Å²) >= 11 is 0. The molecular formula is C17H35FO. The Hall–Kier alpha value is -0.110.